The van der Waals surface area contributed by atoms with Crippen molar-refractivity contribution in [2.45, 2.75) is 13.6 Å². The normalized spacial score (nSPS) is 2.00. The molecule has 0 unspecified atom stereocenters. The quantitative estimate of drug-likeness (QED) is 0.428. The Kier molecular flexibility index (Phi) is 201. The van der Waals surface area contributed by atoms with Gasteiger partial charge in [-0.15, -0.1) is 0 Å². The van der Waals surface area contributed by atoms with Crippen LogP contribution in [0.1, 0.15) is 0 Å². The molecule has 0 bridgehead atoms. The van der Waals surface area contributed by atoms with E-state index in [1.165, 1.54) is 13.6 Å². The molecule has 0 spiro atoms. The van der Waals surface area contributed by atoms with Crippen LogP contribution in [0.15, 0.2) is 0 Å². The van der Waals surface area contributed by atoms with E-state index in [1.807, 2.05) is 0 Å². The molecular formula is C2H6B2Y. The van der Waals surface area contributed by atoms with Crippen LogP contribution in [-0.4, -0.2) is 15.7 Å². The average molecular weight is 141 g/mol. The number of hydrogen-bond donors (Lipinski definition) is 0. The van der Waals surface area contributed by atoms with Crippen LogP contribution in [0.25, 0.3) is 0 Å². The van der Waals surface area contributed by atoms with Crippen molar-refractivity contribution in [2.24, 2.45) is 0 Å². The van der Waals surface area contributed by atoms with Gasteiger partial charge >= 0.3 is 0 Å². The van der Waals surface area contributed by atoms with Crippen LogP contribution < -0.4 is 0 Å². The molecule has 23 valence electrons. The molecule has 0 rings (SSSR count). The summed E-state index contributed by atoms with van der Waals surface area (Å²) in [6.07, 6.45) is 0. The van der Waals surface area contributed by atoms with Crippen molar-refractivity contribution >= 4 is 15.7 Å². The zero-order chi connectivity index (χ0) is 4.00. The molecule has 0 aliphatic carbocycles. The van der Waals surface area contributed by atoms with E-state index in [0.29, 0.717) is 0 Å². The van der Waals surface area contributed by atoms with Crippen LogP contribution in [0.2, 0.25) is 13.6 Å². The van der Waals surface area contributed by atoms with Crippen LogP contribution in [0.4, 0.5) is 0 Å². The Bertz CT molecular complexity index is 7.61. The minimum absolute atomic E-state index is 0. The van der Waals surface area contributed by atoms with E-state index in [0.717, 1.165) is 0 Å². The topological polar surface area (TPSA) is 0 Å². The predicted octanol–water partition coefficient (Wildman–Crippen LogP) is 0.403. The van der Waals surface area contributed by atoms with E-state index in [2.05, 4.69) is 15.7 Å². The predicted molar refractivity (Wildman–Crippen MR) is 23.2 cm³/mol. The van der Waals surface area contributed by atoms with Gasteiger partial charge in [-0.25, -0.2) is 0 Å². The Balaban J connectivity index is -0.0000000133. The van der Waals surface area contributed by atoms with E-state index in [-0.39, 0.29) is 32.7 Å². The van der Waals surface area contributed by atoms with Crippen molar-refractivity contribution in [1.82, 2.24) is 0 Å². The zero-order valence-electron chi connectivity index (χ0n) is 3.73. The smallest absolute Gasteiger partial charge is 0.0606 e. The molecule has 0 nitrogen and oxygen atoms in total. The Hall–Kier alpha value is 1.23. The van der Waals surface area contributed by atoms with Gasteiger partial charge in [0.05, 0.1) is 15.7 Å². The Morgan fingerprint density at radius 2 is 0.800 bits per heavy atom. The molecule has 0 saturated heterocycles. The first kappa shape index (κ1) is 16.3. The molecular weight excluding hydrogens is 135 g/mol. The van der Waals surface area contributed by atoms with Crippen molar-refractivity contribution < 1.29 is 32.7 Å². The largest absolute Gasteiger partial charge is 0.0999 e. The van der Waals surface area contributed by atoms with Crippen molar-refractivity contribution in [1.29, 1.82) is 0 Å². The third-order valence-corrected chi connectivity index (χ3v) is 0. The van der Waals surface area contributed by atoms with Gasteiger partial charge in [0.15, 0.2) is 0 Å². The maximum absolute atomic E-state index is 4.50. The molecule has 3 heteroatoms. The van der Waals surface area contributed by atoms with Gasteiger partial charge in [-0.1, -0.05) is 13.6 Å². The molecule has 0 atom stereocenters. The van der Waals surface area contributed by atoms with Gasteiger partial charge in [0.25, 0.3) is 0 Å². The molecule has 0 fully saturated rings. The summed E-state index contributed by atoms with van der Waals surface area (Å²) in [6.45, 7) is 3.00. The molecule has 0 N–H and O–H groups in total. The first-order valence-corrected chi connectivity index (χ1v) is 1.15. The molecule has 0 aromatic rings. The van der Waals surface area contributed by atoms with Crippen LogP contribution in [-0.2, 0) is 32.7 Å². The second kappa shape index (κ2) is 61.6. The van der Waals surface area contributed by atoms with Crippen molar-refractivity contribution in [3.8, 4) is 0 Å². The molecule has 0 aliphatic heterocycles. The first-order valence-electron chi connectivity index (χ1n) is 1.15. The molecule has 0 aromatic heterocycles. The molecule has 5 heavy (non-hydrogen) atoms. The Labute approximate surface area is 61.8 Å². The molecule has 0 saturated carbocycles. The third kappa shape index (κ3) is 36.0. The fourth-order valence-electron chi connectivity index (χ4n) is 0. The Morgan fingerprint density at radius 1 is 0.800 bits per heavy atom. The van der Waals surface area contributed by atoms with E-state index in [1.54, 1.807) is 0 Å². The maximum atomic E-state index is 4.50. The fraction of sp³-hybridized carbons (Fsp3) is 1.00. The van der Waals surface area contributed by atoms with Gasteiger partial charge in [0, 0.05) is 32.7 Å². The standard InChI is InChI=1S/2CH3B.Y/c2*1-2;/h2*1H3;. The fourth-order valence-corrected chi connectivity index (χ4v) is 0. The van der Waals surface area contributed by atoms with E-state index < -0.39 is 0 Å². The number of rotatable bonds is 0. The monoisotopic (exact) mass is 141 g/mol. The van der Waals surface area contributed by atoms with Gasteiger partial charge in [0.1, 0.15) is 0 Å². The van der Waals surface area contributed by atoms with E-state index in [9.17, 15) is 0 Å². The second-order valence-corrected chi connectivity index (χ2v) is 0. The average Bonchev–Trinajstić information content (AvgIpc) is 1.50. The summed E-state index contributed by atoms with van der Waals surface area (Å²) in [4.78, 5) is 0. The van der Waals surface area contributed by atoms with E-state index in [4.69, 9.17) is 0 Å². The minimum atomic E-state index is 0. The van der Waals surface area contributed by atoms with Crippen LogP contribution in [0, 0.1) is 0 Å². The molecule has 5 radical (unpaired) electrons. The van der Waals surface area contributed by atoms with Crippen molar-refractivity contribution in [2.75, 3.05) is 0 Å². The van der Waals surface area contributed by atoms with E-state index >= 15 is 0 Å². The third-order valence-electron chi connectivity index (χ3n) is 0. The summed E-state index contributed by atoms with van der Waals surface area (Å²) in [7, 11) is 9.00. The maximum Gasteiger partial charge on any atom is 0.0606 e. The van der Waals surface area contributed by atoms with Crippen LogP contribution >= 0.6 is 0 Å². The summed E-state index contributed by atoms with van der Waals surface area (Å²) >= 11 is 0. The van der Waals surface area contributed by atoms with Gasteiger partial charge in [0.2, 0.25) is 0 Å². The molecule has 0 heterocycles. The van der Waals surface area contributed by atoms with Gasteiger partial charge < -0.3 is 0 Å². The molecule has 0 aromatic carbocycles. The van der Waals surface area contributed by atoms with Gasteiger partial charge in [-0.2, -0.15) is 0 Å². The summed E-state index contributed by atoms with van der Waals surface area (Å²) in [5, 5.41) is 0. The Morgan fingerprint density at radius 3 is 0.800 bits per heavy atom. The molecule has 0 amide bonds. The summed E-state index contributed by atoms with van der Waals surface area (Å²) in [6, 6.07) is 0. The first-order chi connectivity index (χ1) is 2.00. The summed E-state index contributed by atoms with van der Waals surface area (Å²) in [5.74, 6) is 0. The van der Waals surface area contributed by atoms with Crippen LogP contribution in [0.5, 0.6) is 0 Å². The second-order valence-electron chi connectivity index (χ2n) is 0. The summed E-state index contributed by atoms with van der Waals surface area (Å²) < 4.78 is 0. The van der Waals surface area contributed by atoms with Crippen LogP contribution in [0.3, 0.4) is 0 Å². The SMILES string of the molecule is [B]C.[B]C.[Y]. The van der Waals surface area contributed by atoms with Crippen molar-refractivity contribution in [3.05, 3.63) is 0 Å². The van der Waals surface area contributed by atoms with Crippen molar-refractivity contribution in [3.63, 3.8) is 0 Å². The summed E-state index contributed by atoms with van der Waals surface area (Å²) in [5.41, 5.74) is 0. The minimum Gasteiger partial charge on any atom is -0.0999 e. The van der Waals surface area contributed by atoms with Gasteiger partial charge in [-0.3, -0.25) is 0 Å². The number of hydrogen-bond acceptors (Lipinski definition) is 0. The van der Waals surface area contributed by atoms with Gasteiger partial charge in [-0.05, 0) is 0 Å². The zero-order valence-corrected chi connectivity index (χ0v) is 6.57. The molecule has 0 aliphatic rings.